The topological polar surface area (TPSA) is 25.8 Å². The molecule has 1 aliphatic carbocycles. The zero-order chi connectivity index (χ0) is 8.06. The highest BCUT2D eigenvalue weighted by Gasteiger charge is 2.55. The van der Waals surface area contributed by atoms with Crippen molar-refractivity contribution < 1.29 is 4.39 Å². The second kappa shape index (κ2) is 2.14. The zero-order valence-corrected chi connectivity index (χ0v) is 7.42. The number of hydrogen-bond acceptors (Lipinski definition) is 3. The lowest BCUT2D eigenvalue weighted by Crippen LogP contribution is -2.03. The molecule has 2 unspecified atom stereocenters. The molecular weight excluding hydrogens is 187 g/mol. The number of aromatic nitrogens is 2. The van der Waals surface area contributed by atoms with Gasteiger partial charge in [0.2, 0.25) is 4.47 Å². The molecule has 0 amide bonds. The predicted octanol–water partition coefficient (Wildman–Crippen LogP) is 2.19. The van der Waals surface area contributed by atoms with Crippen molar-refractivity contribution in [1.29, 1.82) is 0 Å². The Labute approximate surface area is 72.4 Å². The summed E-state index contributed by atoms with van der Waals surface area (Å²) in [6, 6.07) is 0. The summed E-state index contributed by atoms with van der Waals surface area (Å²) in [6.45, 7) is 1.84. The Kier molecular flexibility index (Phi) is 1.44. The van der Waals surface area contributed by atoms with Crippen LogP contribution in [-0.2, 0) is 5.41 Å². The van der Waals surface area contributed by atoms with Crippen molar-refractivity contribution in [1.82, 2.24) is 10.2 Å². The van der Waals surface area contributed by atoms with E-state index in [-0.39, 0.29) is 5.41 Å². The van der Waals surface area contributed by atoms with Crippen LogP contribution in [0.5, 0.6) is 0 Å². The van der Waals surface area contributed by atoms with Crippen molar-refractivity contribution in [2.75, 3.05) is 0 Å². The molecule has 1 heterocycles. The van der Waals surface area contributed by atoms with Crippen molar-refractivity contribution >= 4 is 22.9 Å². The lowest BCUT2D eigenvalue weighted by atomic mass is 10.2. The Bertz CT molecular complexity index is 290. The standard InChI is InChI=1S/C6H6ClFN2S/c1-6(2-3(6)8)4-9-10-5(7)11-4/h3H,2H2,1H3. The van der Waals surface area contributed by atoms with Gasteiger partial charge in [-0.25, -0.2) is 4.39 Å². The summed E-state index contributed by atoms with van der Waals surface area (Å²) in [4.78, 5) is 0. The second-order valence-corrected chi connectivity index (χ2v) is 4.51. The van der Waals surface area contributed by atoms with Gasteiger partial charge in [0.25, 0.3) is 0 Å². The Morgan fingerprint density at radius 3 is 2.73 bits per heavy atom. The molecule has 0 bridgehead atoms. The summed E-state index contributed by atoms with van der Waals surface area (Å²) in [5.74, 6) is 0. The molecule has 0 aromatic carbocycles. The molecule has 0 saturated heterocycles. The first-order valence-corrected chi connectivity index (χ1v) is 4.46. The number of nitrogens with zero attached hydrogens (tertiary/aromatic N) is 2. The van der Waals surface area contributed by atoms with Crippen LogP contribution in [0.25, 0.3) is 0 Å². The quantitative estimate of drug-likeness (QED) is 0.682. The van der Waals surface area contributed by atoms with Crippen molar-refractivity contribution in [3.8, 4) is 0 Å². The van der Waals surface area contributed by atoms with Gasteiger partial charge in [-0.1, -0.05) is 18.3 Å². The van der Waals surface area contributed by atoms with Crippen molar-refractivity contribution in [3.05, 3.63) is 9.47 Å². The van der Waals surface area contributed by atoms with E-state index in [0.29, 0.717) is 10.9 Å². The lowest BCUT2D eigenvalue weighted by molar-refractivity contribution is 0.431. The summed E-state index contributed by atoms with van der Waals surface area (Å²) < 4.78 is 13.1. The van der Waals surface area contributed by atoms with E-state index in [1.807, 2.05) is 6.92 Å². The summed E-state index contributed by atoms with van der Waals surface area (Å²) in [5.41, 5.74) is -0.384. The Morgan fingerprint density at radius 2 is 2.36 bits per heavy atom. The number of halogens is 2. The molecule has 1 aromatic heterocycles. The van der Waals surface area contributed by atoms with E-state index in [4.69, 9.17) is 11.6 Å². The van der Waals surface area contributed by atoms with Gasteiger partial charge < -0.3 is 0 Å². The maximum absolute atomic E-state index is 12.8. The van der Waals surface area contributed by atoms with Crippen LogP contribution in [0.15, 0.2) is 0 Å². The SMILES string of the molecule is CC1(c2nnc(Cl)s2)CC1F. The Hall–Kier alpha value is -0.220. The number of hydrogen-bond donors (Lipinski definition) is 0. The van der Waals surface area contributed by atoms with E-state index in [0.717, 1.165) is 5.01 Å². The fraction of sp³-hybridized carbons (Fsp3) is 0.667. The number of alkyl halides is 1. The van der Waals surface area contributed by atoms with Crippen LogP contribution in [0.1, 0.15) is 18.4 Å². The highest BCUT2D eigenvalue weighted by molar-refractivity contribution is 7.15. The molecule has 1 saturated carbocycles. The van der Waals surface area contributed by atoms with Gasteiger partial charge in [-0.05, 0) is 18.0 Å². The molecule has 2 nitrogen and oxygen atoms in total. The van der Waals surface area contributed by atoms with E-state index in [9.17, 15) is 4.39 Å². The van der Waals surface area contributed by atoms with Gasteiger partial charge in [-0.3, -0.25) is 0 Å². The molecular formula is C6H6ClFN2S. The summed E-state index contributed by atoms with van der Waals surface area (Å²) in [7, 11) is 0. The Balaban J connectivity index is 2.31. The third-order valence-electron chi connectivity index (χ3n) is 2.02. The summed E-state index contributed by atoms with van der Waals surface area (Å²) >= 11 is 6.83. The van der Waals surface area contributed by atoms with Crippen molar-refractivity contribution in [2.24, 2.45) is 0 Å². The molecule has 5 heteroatoms. The monoisotopic (exact) mass is 192 g/mol. The third kappa shape index (κ3) is 1.05. The molecule has 1 fully saturated rings. The maximum Gasteiger partial charge on any atom is 0.207 e. The minimum atomic E-state index is -0.758. The van der Waals surface area contributed by atoms with Crippen molar-refractivity contribution in [3.63, 3.8) is 0 Å². The van der Waals surface area contributed by atoms with Gasteiger partial charge in [-0.15, -0.1) is 10.2 Å². The molecule has 11 heavy (non-hydrogen) atoms. The molecule has 60 valence electrons. The van der Waals surface area contributed by atoms with Gasteiger partial charge in [0.15, 0.2) is 0 Å². The van der Waals surface area contributed by atoms with Crippen LogP contribution in [0.3, 0.4) is 0 Å². The molecule has 0 spiro atoms. The zero-order valence-electron chi connectivity index (χ0n) is 5.84. The third-order valence-corrected chi connectivity index (χ3v) is 3.32. The maximum atomic E-state index is 12.8. The highest BCUT2D eigenvalue weighted by Crippen LogP contribution is 2.51. The fourth-order valence-electron chi connectivity index (χ4n) is 0.971. The van der Waals surface area contributed by atoms with Gasteiger partial charge in [-0.2, -0.15) is 0 Å². The minimum Gasteiger partial charge on any atom is -0.246 e. The second-order valence-electron chi connectivity index (χ2n) is 2.95. The molecule has 1 aliphatic rings. The molecule has 2 atom stereocenters. The van der Waals surface area contributed by atoms with Crippen LogP contribution in [0.2, 0.25) is 4.47 Å². The average Bonchev–Trinajstić information content (AvgIpc) is 2.44. The van der Waals surface area contributed by atoms with E-state index in [1.165, 1.54) is 11.3 Å². The van der Waals surface area contributed by atoms with Crippen molar-refractivity contribution in [2.45, 2.75) is 24.9 Å². The van der Waals surface area contributed by atoms with Crippen LogP contribution < -0.4 is 0 Å². The summed E-state index contributed by atoms with van der Waals surface area (Å²) in [5, 5.41) is 8.14. The normalized spacial score (nSPS) is 35.7. The summed E-state index contributed by atoms with van der Waals surface area (Å²) in [6.07, 6.45) is -0.204. The molecule has 0 N–H and O–H groups in total. The van der Waals surface area contributed by atoms with Crippen LogP contribution >= 0.6 is 22.9 Å². The van der Waals surface area contributed by atoms with Gasteiger partial charge >= 0.3 is 0 Å². The lowest BCUT2D eigenvalue weighted by Gasteiger charge is -1.98. The highest BCUT2D eigenvalue weighted by atomic mass is 35.5. The molecule has 0 radical (unpaired) electrons. The van der Waals surface area contributed by atoms with E-state index in [2.05, 4.69) is 10.2 Å². The number of rotatable bonds is 1. The van der Waals surface area contributed by atoms with Crippen LogP contribution in [-0.4, -0.2) is 16.4 Å². The molecule has 1 aromatic rings. The van der Waals surface area contributed by atoms with Gasteiger partial charge in [0.1, 0.15) is 11.2 Å². The van der Waals surface area contributed by atoms with Gasteiger partial charge in [0, 0.05) is 0 Å². The van der Waals surface area contributed by atoms with E-state index in [1.54, 1.807) is 0 Å². The molecule has 2 rings (SSSR count). The first-order chi connectivity index (χ1) is 5.13. The molecule has 0 aliphatic heterocycles. The fourth-order valence-corrected chi connectivity index (χ4v) is 2.00. The smallest absolute Gasteiger partial charge is 0.207 e. The first kappa shape index (κ1) is 7.43. The Morgan fingerprint density at radius 1 is 1.73 bits per heavy atom. The predicted molar refractivity (Wildman–Crippen MR) is 41.8 cm³/mol. The van der Waals surface area contributed by atoms with Crippen LogP contribution in [0.4, 0.5) is 4.39 Å². The van der Waals surface area contributed by atoms with Gasteiger partial charge in [0.05, 0.1) is 5.41 Å². The minimum absolute atomic E-state index is 0.384. The average molecular weight is 193 g/mol. The van der Waals surface area contributed by atoms with E-state index < -0.39 is 6.17 Å². The first-order valence-electron chi connectivity index (χ1n) is 3.26. The van der Waals surface area contributed by atoms with E-state index >= 15 is 0 Å². The van der Waals surface area contributed by atoms with Crippen LogP contribution in [0, 0.1) is 0 Å². The largest absolute Gasteiger partial charge is 0.246 e.